The van der Waals surface area contributed by atoms with Crippen LogP contribution in [-0.2, 0) is 0 Å². The van der Waals surface area contributed by atoms with Gasteiger partial charge in [-0.3, -0.25) is 0 Å². The molecule has 2 nitrogen and oxygen atoms in total. The second-order valence-corrected chi connectivity index (χ2v) is 3.48. The Kier molecular flexibility index (Phi) is 2.87. The van der Waals surface area contributed by atoms with Crippen molar-refractivity contribution in [3.05, 3.63) is 27.5 Å². The smallest absolute Gasteiger partial charge is 0.134 e. The molecule has 1 aromatic rings. The Morgan fingerprint density at radius 1 is 1.73 bits per heavy atom. The van der Waals surface area contributed by atoms with Crippen LogP contribution in [0.15, 0.2) is 16.7 Å². The lowest BCUT2D eigenvalue weighted by atomic mass is 10.2. The fourth-order valence-electron chi connectivity index (χ4n) is 0.731. The lowest BCUT2D eigenvalue weighted by Gasteiger charge is -2.05. The Morgan fingerprint density at radius 3 is 2.82 bits per heavy atom. The van der Waals surface area contributed by atoms with E-state index < -0.39 is 6.10 Å². The van der Waals surface area contributed by atoms with E-state index in [2.05, 4.69) is 20.9 Å². The van der Waals surface area contributed by atoms with Crippen LogP contribution >= 0.6 is 27.5 Å². The van der Waals surface area contributed by atoms with Crippen molar-refractivity contribution >= 4 is 27.5 Å². The Bertz CT molecular complexity index is 265. The van der Waals surface area contributed by atoms with E-state index in [1.807, 2.05) is 0 Å². The molecule has 0 saturated heterocycles. The second-order valence-electron chi connectivity index (χ2n) is 2.21. The van der Waals surface area contributed by atoms with Gasteiger partial charge in [0.25, 0.3) is 0 Å². The number of aliphatic hydroxyl groups excluding tert-OH is 1. The van der Waals surface area contributed by atoms with Crippen molar-refractivity contribution in [2.45, 2.75) is 13.0 Å². The fraction of sp³-hybridized carbons (Fsp3) is 0.286. The van der Waals surface area contributed by atoms with Gasteiger partial charge in [-0.25, -0.2) is 4.98 Å². The SMILES string of the molecule is C[C@@H](O)c1cc(Br)cnc1Cl. The number of aromatic nitrogens is 1. The first-order valence-electron chi connectivity index (χ1n) is 3.10. The molecular weight excluding hydrogens is 229 g/mol. The maximum absolute atomic E-state index is 9.18. The minimum absolute atomic E-state index is 0.350. The van der Waals surface area contributed by atoms with Crippen LogP contribution in [0.4, 0.5) is 0 Å². The second kappa shape index (κ2) is 3.52. The van der Waals surface area contributed by atoms with Gasteiger partial charge in [0.1, 0.15) is 5.15 Å². The van der Waals surface area contributed by atoms with Gasteiger partial charge < -0.3 is 5.11 Å². The van der Waals surface area contributed by atoms with Gasteiger partial charge in [0.2, 0.25) is 0 Å². The highest BCUT2D eigenvalue weighted by atomic mass is 79.9. The van der Waals surface area contributed by atoms with Gasteiger partial charge in [0.15, 0.2) is 0 Å². The van der Waals surface area contributed by atoms with Gasteiger partial charge in [-0.2, -0.15) is 0 Å². The number of nitrogens with zero attached hydrogens (tertiary/aromatic N) is 1. The fourth-order valence-corrected chi connectivity index (χ4v) is 1.34. The van der Waals surface area contributed by atoms with Crippen molar-refractivity contribution < 1.29 is 5.11 Å². The van der Waals surface area contributed by atoms with Crippen LogP contribution < -0.4 is 0 Å². The average Bonchev–Trinajstić information content (AvgIpc) is 1.94. The van der Waals surface area contributed by atoms with E-state index in [0.717, 1.165) is 4.47 Å². The predicted molar refractivity (Wildman–Crippen MR) is 47.6 cm³/mol. The highest BCUT2D eigenvalue weighted by Gasteiger charge is 2.07. The molecule has 0 saturated carbocycles. The molecule has 0 bridgehead atoms. The molecule has 0 aliphatic heterocycles. The zero-order valence-electron chi connectivity index (χ0n) is 5.88. The first-order valence-corrected chi connectivity index (χ1v) is 4.27. The summed E-state index contributed by atoms with van der Waals surface area (Å²) >= 11 is 8.93. The summed E-state index contributed by atoms with van der Waals surface area (Å²) in [6.07, 6.45) is 1.02. The third-order valence-corrected chi connectivity index (χ3v) is 2.03. The van der Waals surface area contributed by atoms with Gasteiger partial charge in [0.05, 0.1) is 6.10 Å². The molecule has 0 unspecified atom stereocenters. The van der Waals surface area contributed by atoms with E-state index in [0.29, 0.717) is 10.7 Å². The normalized spacial score (nSPS) is 13.1. The van der Waals surface area contributed by atoms with Crippen molar-refractivity contribution in [1.82, 2.24) is 4.98 Å². The highest BCUT2D eigenvalue weighted by Crippen LogP contribution is 2.23. The Hall–Kier alpha value is -0.120. The molecule has 1 aromatic heterocycles. The molecule has 0 aliphatic carbocycles. The lowest BCUT2D eigenvalue weighted by molar-refractivity contribution is 0.199. The summed E-state index contributed by atoms with van der Waals surface area (Å²) in [6, 6.07) is 1.75. The maximum Gasteiger partial charge on any atom is 0.134 e. The molecule has 0 amide bonds. The topological polar surface area (TPSA) is 33.1 Å². The van der Waals surface area contributed by atoms with Crippen LogP contribution in [0.3, 0.4) is 0 Å². The first-order chi connectivity index (χ1) is 5.11. The molecular formula is C7H7BrClNO. The molecule has 1 atom stereocenters. The standard InChI is InChI=1S/C7H7BrClNO/c1-4(11)6-2-5(8)3-10-7(6)9/h2-4,11H,1H3/t4-/m1/s1. The number of aliphatic hydroxyl groups is 1. The summed E-state index contributed by atoms with van der Waals surface area (Å²) in [6.45, 7) is 1.65. The molecule has 0 radical (unpaired) electrons. The van der Waals surface area contributed by atoms with Gasteiger partial charge in [-0.1, -0.05) is 11.6 Å². The third-order valence-electron chi connectivity index (χ3n) is 1.28. The number of hydrogen-bond donors (Lipinski definition) is 1. The molecule has 1 heterocycles. The summed E-state index contributed by atoms with van der Waals surface area (Å²) in [4.78, 5) is 3.86. The summed E-state index contributed by atoms with van der Waals surface area (Å²) in [5, 5.41) is 9.53. The average molecular weight is 236 g/mol. The van der Waals surface area contributed by atoms with Crippen molar-refractivity contribution in [2.75, 3.05) is 0 Å². The minimum Gasteiger partial charge on any atom is -0.389 e. The maximum atomic E-state index is 9.18. The summed E-state index contributed by atoms with van der Waals surface area (Å²) in [7, 11) is 0. The molecule has 11 heavy (non-hydrogen) atoms. The van der Waals surface area contributed by atoms with Crippen LogP contribution in [0, 0.1) is 0 Å². The van der Waals surface area contributed by atoms with Gasteiger partial charge in [-0.15, -0.1) is 0 Å². The monoisotopic (exact) mass is 235 g/mol. The number of rotatable bonds is 1. The number of pyridine rings is 1. The summed E-state index contributed by atoms with van der Waals surface area (Å²) < 4.78 is 0.817. The number of halogens is 2. The predicted octanol–water partition coefficient (Wildman–Crippen LogP) is 2.55. The first kappa shape index (κ1) is 8.97. The molecule has 0 aliphatic rings. The summed E-state index contributed by atoms with van der Waals surface area (Å²) in [5.41, 5.74) is 0.640. The van der Waals surface area contributed by atoms with Crippen molar-refractivity contribution in [1.29, 1.82) is 0 Å². The Balaban J connectivity index is 3.13. The minimum atomic E-state index is -0.576. The zero-order chi connectivity index (χ0) is 8.43. The van der Waals surface area contributed by atoms with Gasteiger partial charge in [0, 0.05) is 16.2 Å². The van der Waals surface area contributed by atoms with E-state index in [4.69, 9.17) is 11.6 Å². The molecule has 0 spiro atoms. The van der Waals surface area contributed by atoms with Gasteiger partial charge >= 0.3 is 0 Å². The van der Waals surface area contributed by atoms with Crippen molar-refractivity contribution in [3.63, 3.8) is 0 Å². The van der Waals surface area contributed by atoms with Crippen LogP contribution in [0.25, 0.3) is 0 Å². The van der Waals surface area contributed by atoms with Crippen LogP contribution in [0.2, 0.25) is 5.15 Å². The van der Waals surface area contributed by atoms with Crippen molar-refractivity contribution in [3.8, 4) is 0 Å². The van der Waals surface area contributed by atoms with E-state index in [9.17, 15) is 5.11 Å². The molecule has 1 rings (SSSR count). The molecule has 60 valence electrons. The van der Waals surface area contributed by atoms with Crippen LogP contribution in [-0.4, -0.2) is 10.1 Å². The largest absolute Gasteiger partial charge is 0.389 e. The van der Waals surface area contributed by atoms with Crippen LogP contribution in [0.1, 0.15) is 18.6 Å². The van der Waals surface area contributed by atoms with Gasteiger partial charge in [-0.05, 0) is 28.9 Å². The Labute approximate surface area is 78.3 Å². The van der Waals surface area contributed by atoms with E-state index >= 15 is 0 Å². The molecule has 0 fully saturated rings. The summed E-state index contributed by atoms with van der Waals surface area (Å²) in [5.74, 6) is 0. The zero-order valence-corrected chi connectivity index (χ0v) is 8.22. The van der Waals surface area contributed by atoms with E-state index in [1.165, 1.54) is 0 Å². The molecule has 0 aromatic carbocycles. The Morgan fingerprint density at radius 2 is 2.36 bits per heavy atom. The van der Waals surface area contributed by atoms with E-state index in [1.54, 1.807) is 19.2 Å². The molecule has 4 heteroatoms. The number of hydrogen-bond acceptors (Lipinski definition) is 2. The van der Waals surface area contributed by atoms with Crippen molar-refractivity contribution in [2.24, 2.45) is 0 Å². The lowest BCUT2D eigenvalue weighted by Crippen LogP contribution is -1.93. The highest BCUT2D eigenvalue weighted by molar-refractivity contribution is 9.10. The quantitative estimate of drug-likeness (QED) is 0.760. The van der Waals surface area contributed by atoms with Crippen LogP contribution in [0.5, 0.6) is 0 Å². The van der Waals surface area contributed by atoms with E-state index in [-0.39, 0.29) is 0 Å². The molecule has 1 N–H and O–H groups in total. The third kappa shape index (κ3) is 2.15.